The summed E-state index contributed by atoms with van der Waals surface area (Å²) in [4.78, 5) is 3.37. The van der Waals surface area contributed by atoms with Gasteiger partial charge in [0.2, 0.25) is 0 Å². The summed E-state index contributed by atoms with van der Waals surface area (Å²) in [6, 6.07) is 0. The van der Waals surface area contributed by atoms with E-state index in [0.29, 0.717) is 15.8 Å². The molecular formula is C15H28N2S. The molecule has 104 valence electrons. The molecule has 0 aromatic heterocycles. The summed E-state index contributed by atoms with van der Waals surface area (Å²) in [6.07, 6.45) is 9.06. The summed E-state index contributed by atoms with van der Waals surface area (Å²) >= 11 is 5.08. The maximum Gasteiger partial charge on any atom is 0.0733 e. The van der Waals surface area contributed by atoms with E-state index in [0.717, 1.165) is 6.42 Å². The van der Waals surface area contributed by atoms with Gasteiger partial charge in [-0.1, -0.05) is 38.9 Å². The van der Waals surface area contributed by atoms with Crippen molar-refractivity contribution in [2.75, 3.05) is 19.6 Å². The van der Waals surface area contributed by atoms with E-state index in [1.807, 2.05) is 0 Å². The minimum atomic E-state index is 0.463. The Hall–Kier alpha value is -0.150. The van der Waals surface area contributed by atoms with Gasteiger partial charge in [0.25, 0.3) is 0 Å². The molecule has 0 amide bonds. The van der Waals surface area contributed by atoms with Gasteiger partial charge in [0, 0.05) is 13.0 Å². The fourth-order valence-electron chi connectivity index (χ4n) is 3.55. The molecule has 18 heavy (non-hydrogen) atoms. The van der Waals surface area contributed by atoms with Gasteiger partial charge in [0.1, 0.15) is 0 Å². The Bertz CT molecular complexity index is 296. The standard InChI is InChI=1S/C15H28N2S/c1-3-14(4-2)7-9-17(10-8-14)12-15(5-6-15)11-13(16)18/h3-12H2,1-2H3,(H2,16,18). The third-order valence-electron chi connectivity index (χ3n) is 5.48. The Labute approximate surface area is 117 Å². The van der Waals surface area contributed by atoms with Crippen LogP contribution in [0, 0.1) is 10.8 Å². The number of nitrogens with two attached hydrogens (primary N) is 1. The first-order chi connectivity index (χ1) is 8.53. The van der Waals surface area contributed by atoms with Crippen LogP contribution in [0.5, 0.6) is 0 Å². The molecule has 0 atom stereocenters. The molecular weight excluding hydrogens is 240 g/mol. The first-order valence-corrected chi connectivity index (χ1v) is 7.95. The molecule has 2 fully saturated rings. The van der Waals surface area contributed by atoms with Crippen LogP contribution >= 0.6 is 12.2 Å². The first kappa shape index (κ1) is 14.3. The van der Waals surface area contributed by atoms with Crippen LogP contribution in [0.3, 0.4) is 0 Å². The van der Waals surface area contributed by atoms with E-state index >= 15 is 0 Å². The van der Waals surface area contributed by atoms with E-state index in [1.165, 1.54) is 58.2 Å². The molecule has 1 saturated heterocycles. The number of hydrogen-bond donors (Lipinski definition) is 1. The molecule has 1 heterocycles. The second kappa shape index (κ2) is 5.46. The van der Waals surface area contributed by atoms with Crippen molar-refractivity contribution in [1.82, 2.24) is 4.90 Å². The Kier molecular flexibility index (Phi) is 4.32. The van der Waals surface area contributed by atoms with Crippen LogP contribution in [0.25, 0.3) is 0 Å². The predicted molar refractivity (Wildman–Crippen MR) is 81.8 cm³/mol. The lowest BCUT2D eigenvalue weighted by Gasteiger charge is -2.42. The lowest BCUT2D eigenvalue weighted by molar-refractivity contribution is 0.0817. The second-order valence-corrected chi connectivity index (χ2v) is 7.15. The number of rotatable bonds is 6. The van der Waals surface area contributed by atoms with E-state index in [9.17, 15) is 0 Å². The van der Waals surface area contributed by atoms with Crippen molar-refractivity contribution < 1.29 is 0 Å². The van der Waals surface area contributed by atoms with Crippen molar-refractivity contribution in [3.8, 4) is 0 Å². The van der Waals surface area contributed by atoms with E-state index in [2.05, 4.69) is 18.7 Å². The van der Waals surface area contributed by atoms with Crippen LogP contribution in [0.15, 0.2) is 0 Å². The average Bonchev–Trinajstić information content (AvgIpc) is 3.09. The Morgan fingerprint density at radius 1 is 1.06 bits per heavy atom. The first-order valence-electron chi connectivity index (χ1n) is 7.54. The van der Waals surface area contributed by atoms with E-state index in [-0.39, 0.29) is 0 Å². The van der Waals surface area contributed by atoms with Gasteiger partial charge in [-0.2, -0.15) is 0 Å². The molecule has 3 heteroatoms. The molecule has 1 aliphatic carbocycles. The molecule has 0 bridgehead atoms. The topological polar surface area (TPSA) is 29.3 Å². The summed E-state index contributed by atoms with van der Waals surface area (Å²) in [5.41, 5.74) is 6.82. The highest BCUT2D eigenvalue weighted by molar-refractivity contribution is 7.80. The van der Waals surface area contributed by atoms with Crippen molar-refractivity contribution in [3.63, 3.8) is 0 Å². The summed E-state index contributed by atoms with van der Waals surface area (Å²) in [6.45, 7) is 8.50. The SMILES string of the molecule is CCC1(CC)CCN(CC2(CC(N)=S)CC2)CC1. The van der Waals surface area contributed by atoms with E-state index in [1.54, 1.807) is 0 Å². The highest BCUT2D eigenvalue weighted by atomic mass is 32.1. The Morgan fingerprint density at radius 3 is 2.00 bits per heavy atom. The molecule has 0 unspecified atom stereocenters. The van der Waals surface area contributed by atoms with Crippen LogP contribution < -0.4 is 5.73 Å². The quantitative estimate of drug-likeness (QED) is 0.749. The van der Waals surface area contributed by atoms with Crippen molar-refractivity contribution in [2.45, 2.75) is 58.8 Å². The molecule has 0 spiro atoms. The van der Waals surface area contributed by atoms with Crippen molar-refractivity contribution in [1.29, 1.82) is 0 Å². The lowest BCUT2D eigenvalue weighted by atomic mass is 9.74. The molecule has 0 aromatic carbocycles. The maximum atomic E-state index is 5.72. The van der Waals surface area contributed by atoms with Gasteiger partial charge >= 0.3 is 0 Å². The fraction of sp³-hybridized carbons (Fsp3) is 0.933. The van der Waals surface area contributed by atoms with Crippen LogP contribution in [0.2, 0.25) is 0 Å². The van der Waals surface area contributed by atoms with Gasteiger partial charge < -0.3 is 10.6 Å². The van der Waals surface area contributed by atoms with Crippen LogP contribution in [-0.2, 0) is 0 Å². The van der Waals surface area contributed by atoms with Crippen molar-refractivity contribution >= 4 is 17.2 Å². The van der Waals surface area contributed by atoms with E-state index < -0.39 is 0 Å². The second-order valence-electron chi connectivity index (χ2n) is 6.63. The average molecular weight is 268 g/mol. The normalized spacial score (nSPS) is 25.9. The molecule has 1 aliphatic heterocycles. The predicted octanol–water partition coefficient (Wildman–Crippen LogP) is 3.35. The van der Waals surface area contributed by atoms with Gasteiger partial charge in [-0.05, 0) is 49.6 Å². The van der Waals surface area contributed by atoms with E-state index in [4.69, 9.17) is 18.0 Å². The Balaban J connectivity index is 1.82. The minimum absolute atomic E-state index is 0.463. The molecule has 2 nitrogen and oxygen atoms in total. The number of hydrogen-bond acceptors (Lipinski definition) is 2. The maximum absolute atomic E-state index is 5.72. The zero-order valence-electron chi connectivity index (χ0n) is 12.0. The van der Waals surface area contributed by atoms with Gasteiger partial charge in [-0.25, -0.2) is 0 Å². The summed E-state index contributed by atoms with van der Waals surface area (Å²) in [7, 11) is 0. The number of thiocarbonyl (C=S) groups is 1. The van der Waals surface area contributed by atoms with Crippen LogP contribution in [0.1, 0.15) is 58.8 Å². The molecule has 2 aliphatic rings. The summed E-state index contributed by atoms with van der Waals surface area (Å²) in [5.74, 6) is 0. The molecule has 0 aromatic rings. The fourth-order valence-corrected chi connectivity index (χ4v) is 3.86. The smallest absolute Gasteiger partial charge is 0.0733 e. The highest BCUT2D eigenvalue weighted by Gasteiger charge is 2.45. The van der Waals surface area contributed by atoms with Gasteiger partial charge in [-0.3, -0.25) is 0 Å². The van der Waals surface area contributed by atoms with Gasteiger partial charge in [-0.15, -0.1) is 0 Å². The number of nitrogens with zero attached hydrogens (tertiary/aromatic N) is 1. The zero-order valence-corrected chi connectivity index (χ0v) is 12.8. The molecule has 2 rings (SSSR count). The van der Waals surface area contributed by atoms with Crippen molar-refractivity contribution in [3.05, 3.63) is 0 Å². The van der Waals surface area contributed by atoms with Crippen molar-refractivity contribution in [2.24, 2.45) is 16.6 Å². The minimum Gasteiger partial charge on any atom is -0.393 e. The monoisotopic (exact) mass is 268 g/mol. The lowest BCUT2D eigenvalue weighted by Crippen LogP contribution is -2.42. The molecule has 0 radical (unpaired) electrons. The number of piperidine rings is 1. The van der Waals surface area contributed by atoms with Gasteiger partial charge in [0.05, 0.1) is 4.99 Å². The molecule has 2 N–H and O–H groups in total. The van der Waals surface area contributed by atoms with Crippen LogP contribution in [0.4, 0.5) is 0 Å². The summed E-state index contributed by atoms with van der Waals surface area (Å²) < 4.78 is 0. The molecule has 1 saturated carbocycles. The van der Waals surface area contributed by atoms with Crippen LogP contribution in [-0.4, -0.2) is 29.5 Å². The third kappa shape index (κ3) is 3.24. The Morgan fingerprint density at radius 2 is 1.61 bits per heavy atom. The largest absolute Gasteiger partial charge is 0.393 e. The highest BCUT2D eigenvalue weighted by Crippen LogP contribution is 2.50. The third-order valence-corrected chi connectivity index (χ3v) is 5.63. The zero-order chi connectivity index (χ0) is 13.2. The number of likely N-dealkylation sites (tertiary alicyclic amines) is 1. The summed E-state index contributed by atoms with van der Waals surface area (Å²) in [5, 5.41) is 0. The van der Waals surface area contributed by atoms with Gasteiger partial charge in [0.15, 0.2) is 0 Å².